The van der Waals surface area contributed by atoms with E-state index in [9.17, 15) is 19.0 Å². The van der Waals surface area contributed by atoms with Gasteiger partial charge in [0, 0.05) is 12.8 Å². The summed E-state index contributed by atoms with van der Waals surface area (Å²) < 4.78 is 33.9. The Morgan fingerprint density at radius 2 is 0.818 bits per heavy atom. The first-order valence-corrected chi connectivity index (χ1v) is 24.7. The summed E-state index contributed by atoms with van der Waals surface area (Å²) in [4.78, 5) is 37.5. The molecule has 2 unspecified atom stereocenters. The van der Waals surface area contributed by atoms with Gasteiger partial charge in [-0.15, -0.1) is 0 Å². The molecular weight excluding hydrogens is 713 g/mol. The van der Waals surface area contributed by atoms with E-state index in [1.165, 1.54) is 161 Å². The Morgan fingerprint density at radius 1 is 0.491 bits per heavy atom. The fraction of sp³-hybridized carbons (Fsp3) is 0.956. The number of quaternary nitrogens is 1. The van der Waals surface area contributed by atoms with E-state index in [4.69, 9.17) is 18.5 Å². The maximum Gasteiger partial charge on any atom is 0.306 e. The number of hydrogen-bond acceptors (Lipinski definition) is 8. The minimum absolute atomic E-state index is 0.0257. The summed E-state index contributed by atoms with van der Waals surface area (Å²) in [6, 6.07) is 0. The van der Waals surface area contributed by atoms with Crippen LogP contribution in [0.4, 0.5) is 0 Å². The fourth-order valence-electron chi connectivity index (χ4n) is 6.72. The number of rotatable bonds is 43. The van der Waals surface area contributed by atoms with Gasteiger partial charge in [-0.25, -0.2) is 0 Å². The Bertz CT molecular complexity index is 912. The highest BCUT2D eigenvalue weighted by Gasteiger charge is 2.21. The number of carbonyl (C=O) groups excluding carboxylic acids is 2. The van der Waals surface area contributed by atoms with Gasteiger partial charge >= 0.3 is 11.9 Å². The molecule has 0 aromatic carbocycles. The van der Waals surface area contributed by atoms with Crippen LogP contribution in [0.1, 0.15) is 226 Å². The summed E-state index contributed by atoms with van der Waals surface area (Å²) >= 11 is 0. The lowest BCUT2D eigenvalue weighted by Crippen LogP contribution is -2.37. The number of phosphoric acid groups is 1. The van der Waals surface area contributed by atoms with Gasteiger partial charge in [-0.05, 0) is 12.8 Å². The summed E-state index contributed by atoms with van der Waals surface area (Å²) in [7, 11) is 1.18. The van der Waals surface area contributed by atoms with Gasteiger partial charge < -0.3 is 27.9 Å². The molecule has 0 heterocycles. The Morgan fingerprint density at radius 3 is 1.16 bits per heavy atom. The fourth-order valence-corrected chi connectivity index (χ4v) is 7.44. The van der Waals surface area contributed by atoms with Crippen LogP contribution < -0.4 is 4.89 Å². The highest BCUT2D eigenvalue weighted by atomic mass is 31.2. The zero-order valence-electron chi connectivity index (χ0n) is 36.9. The van der Waals surface area contributed by atoms with Crippen LogP contribution in [-0.2, 0) is 32.7 Å². The molecule has 55 heavy (non-hydrogen) atoms. The quantitative estimate of drug-likeness (QED) is 0.0259. The number of nitrogens with zero attached hydrogens (tertiary/aromatic N) is 1. The van der Waals surface area contributed by atoms with E-state index in [0.29, 0.717) is 17.4 Å². The second-order valence-electron chi connectivity index (χ2n) is 17.1. The molecule has 328 valence electrons. The van der Waals surface area contributed by atoms with Crippen LogP contribution in [0.3, 0.4) is 0 Å². The minimum Gasteiger partial charge on any atom is -0.756 e. The predicted octanol–water partition coefficient (Wildman–Crippen LogP) is 12.6. The van der Waals surface area contributed by atoms with Gasteiger partial charge in [0.2, 0.25) is 0 Å². The Hall–Kier alpha value is -0.990. The molecule has 2 atom stereocenters. The third-order valence-corrected chi connectivity index (χ3v) is 11.3. The molecule has 0 bridgehead atoms. The summed E-state index contributed by atoms with van der Waals surface area (Å²) in [5.41, 5.74) is 0. The predicted molar refractivity (Wildman–Crippen MR) is 227 cm³/mol. The summed E-state index contributed by atoms with van der Waals surface area (Å²) in [6.45, 7) is 4.26. The van der Waals surface area contributed by atoms with Gasteiger partial charge in [0.15, 0.2) is 6.10 Å². The number of carbonyl (C=O) groups is 2. The number of hydrogen-bond donors (Lipinski definition) is 0. The van der Waals surface area contributed by atoms with E-state index in [1.807, 2.05) is 21.1 Å². The highest BCUT2D eigenvalue weighted by Crippen LogP contribution is 2.38. The molecule has 0 aliphatic heterocycles. The number of ether oxygens (including phenoxy) is 2. The largest absolute Gasteiger partial charge is 0.756 e. The Kier molecular flexibility index (Phi) is 37.8. The zero-order valence-corrected chi connectivity index (χ0v) is 37.8. The average Bonchev–Trinajstić information content (AvgIpc) is 3.13. The topological polar surface area (TPSA) is 111 Å². The van der Waals surface area contributed by atoms with Crippen molar-refractivity contribution in [1.82, 2.24) is 0 Å². The van der Waals surface area contributed by atoms with Crippen LogP contribution in [0.15, 0.2) is 0 Å². The number of unbranched alkanes of at least 4 members (excludes halogenated alkanes) is 29. The van der Waals surface area contributed by atoms with Crippen molar-refractivity contribution in [2.45, 2.75) is 232 Å². The maximum atomic E-state index is 12.6. The summed E-state index contributed by atoms with van der Waals surface area (Å²) in [5.74, 6) is -0.820. The first kappa shape index (κ1) is 54.0. The van der Waals surface area contributed by atoms with Gasteiger partial charge in [-0.2, -0.15) is 0 Å². The molecule has 0 aromatic heterocycles. The van der Waals surface area contributed by atoms with Crippen LogP contribution in [0, 0.1) is 0 Å². The normalized spacial score (nSPS) is 13.5. The molecule has 0 aliphatic rings. The van der Waals surface area contributed by atoms with Crippen molar-refractivity contribution in [3.05, 3.63) is 0 Å². The monoisotopic (exact) mass is 804 g/mol. The van der Waals surface area contributed by atoms with Gasteiger partial charge in [0.05, 0.1) is 27.7 Å². The van der Waals surface area contributed by atoms with Crippen LogP contribution in [0.5, 0.6) is 0 Å². The number of phosphoric ester groups is 1. The van der Waals surface area contributed by atoms with Crippen LogP contribution in [0.25, 0.3) is 0 Å². The zero-order chi connectivity index (χ0) is 40.7. The lowest BCUT2D eigenvalue weighted by Gasteiger charge is -2.28. The van der Waals surface area contributed by atoms with Crippen molar-refractivity contribution in [1.29, 1.82) is 0 Å². The van der Waals surface area contributed by atoms with Crippen LogP contribution >= 0.6 is 7.82 Å². The molecular formula is C45H90NO8P. The van der Waals surface area contributed by atoms with Crippen molar-refractivity contribution in [2.75, 3.05) is 47.5 Å². The molecule has 9 nitrogen and oxygen atoms in total. The molecule has 0 aliphatic carbocycles. The highest BCUT2D eigenvalue weighted by molar-refractivity contribution is 7.45. The molecule has 0 amide bonds. The molecule has 0 saturated heterocycles. The van der Waals surface area contributed by atoms with E-state index in [-0.39, 0.29) is 32.0 Å². The molecule has 0 spiro atoms. The van der Waals surface area contributed by atoms with Gasteiger partial charge in [0.1, 0.15) is 19.8 Å². The first-order valence-electron chi connectivity index (χ1n) is 23.2. The van der Waals surface area contributed by atoms with E-state index in [0.717, 1.165) is 32.1 Å². The van der Waals surface area contributed by atoms with Gasteiger partial charge in [0.25, 0.3) is 7.82 Å². The van der Waals surface area contributed by atoms with Crippen molar-refractivity contribution in [3.8, 4) is 0 Å². The first-order chi connectivity index (χ1) is 26.5. The molecule has 10 heteroatoms. The molecule has 0 aromatic rings. The second-order valence-corrected chi connectivity index (χ2v) is 18.5. The van der Waals surface area contributed by atoms with Crippen molar-refractivity contribution in [3.63, 3.8) is 0 Å². The Balaban J connectivity index is 4.19. The lowest BCUT2D eigenvalue weighted by atomic mass is 10.0. The third-order valence-electron chi connectivity index (χ3n) is 10.4. The number of esters is 2. The third kappa shape index (κ3) is 42.4. The van der Waals surface area contributed by atoms with Gasteiger partial charge in [-0.3, -0.25) is 14.2 Å². The number of likely N-dealkylation sites (N-methyl/N-ethyl adjacent to an activating group) is 1. The maximum absolute atomic E-state index is 12.6. The SMILES string of the molecule is CCCCCCCCCCCCCCCCCCCCCCC(=O)OCC(COP(=O)([O-])OCC[N+](C)(C)C)OC(=O)CCCCCCCCCCCCC. The molecule has 0 radical (unpaired) electrons. The van der Waals surface area contributed by atoms with Crippen molar-refractivity contribution < 1.29 is 42.1 Å². The standard InChI is InChI=1S/C45H90NO8P/c1-6-8-10-12-14-16-18-19-20-21-22-23-24-25-26-28-29-31-33-35-37-44(47)51-41-43(42-53-55(49,50)52-40-39-46(3,4)5)54-45(48)38-36-34-32-30-27-17-15-13-11-9-7-2/h43H,6-42H2,1-5H3. The molecule has 0 fully saturated rings. The molecule has 0 rings (SSSR count). The Labute approximate surface area is 340 Å². The van der Waals surface area contributed by atoms with E-state index in [2.05, 4.69) is 13.8 Å². The molecule has 0 N–H and O–H groups in total. The van der Waals surface area contributed by atoms with E-state index < -0.39 is 26.5 Å². The lowest BCUT2D eigenvalue weighted by molar-refractivity contribution is -0.870. The summed E-state index contributed by atoms with van der Waals surface area (Å²) in [6.07, 6.45) is 38.5. The van der Waals surface area contributed by atoms with E-state index in [1.54, 1.807) is 0 Å². The average molecular weight is 804 g/mol. The summed E-state index contributed by atoms with van der Waals surface area (Å²) in [5, 5.41) is 0. The minimum atomic E-state index is -4.61. The van der Waals surface area contributed by atoms with Crippen molar-refractivity contribution >= 4 is 19.8 Å². The van der Waals surface area contributed by atoms with E-state index >= 15 is 0 Å². The molecule has 0 saturated carbocycles. The van der Waals surface area contributed by atoms with Crippen LogP contribution in [-0.4, -0.2) is 70.0 Å². The smallest absolute Gasteiger partial charge is 0.306 e. The second kappa shape index (κ2) is 38.5. The van der Waals surface area contributed by atoms with Crippen LogP contribution in [0.2, 0.25) is 0 Å². The van der Waals surface area contributed by atoms with Gasteiger partial charge in [-0.1, -0.05) is 200 Å². The van der Waals surface area contributed by atoms with Crippen molar-refractivity contribution in [2.24, 2.45) is 0 Å².